The van der Waals surface area contributed by atoms with E-state index in [0.717, 1.165) is 13.1 Å². The van der Waals surface area contributed by atoms with Gasteiger partial charge in [0.15, 0.2) is 0 Å². The number of aromatic nitrogens is 3. The molecule has 1 N–H and O–H groups in total. The standard InChI is InChI=1S/C12H18N4O/c1-2-3-5-13-7-8-15-9-10-16-11(12(15)17)4-6-14-16/h4,6,9-10,13H,2-3,5,7-8H2,1H3. The number of unbranched alkanes of at least 4 members (excludes halogenated alkanes) is 1. The first-order valence-electron chi connectivity index (χ1n) is 6.06. The van der Waals surface area contributed by atoms with Gasteiger partial charge in [0.1, 0.15) is 5.52 Å². The van der Waals surface area contributed by atoms with E-state index in [1.54, 1.807) is 27.5 Å². The van der Waals surface area contributed by atoms with Crippen LogP contribution in [0.1, 0.15) is 19.8 Å². The number of nitrogens with zero attached hydrogens (tertiary/aromatic N) is 3. The maximum Gasteiger partial charge on any atom is 0.276 e. The van der Waals surface area contributed by atoms with Gasteiger partial charge >= 0.3 is 0 Å². The minimum atomic E-state index is 0.0160. The Morgan fingerprint density at radius 1 is 1.35 bits per heavy atom. The number of hydrogen-bond donors (Lipinski definition) is 1. The Morgan fingerprint density at radius 3 is 3.06 bits per heavy atom. The van der Waals surface area contributed by atoms with Crippen LogP contribution in [0.2, 0.25) is 0 Å². The summed E-state index contributed by atoms with van der Waals surface area (Å²) in [7, 11) is 0. The van der Waals surface area contributed by atoms with Gasteiger partial charge in [-0.15, -0.1) is 0 Å². The Balaban J connectivity index is 1.99. The highest BCUT2D eigenvalue weighted by Gasteiger charge is 2.02. The van der Waals surface area contributed by atoms with Crippen molar-refractivity contribution in [2.24, 2.45) is 0 Å². The second kappa shape index (κ2) is 5.63. The molecule has 2 heterocycles. The van der Waals surface area contributed by atoms with Gasteiger partial charge in [0.25, 0.3) is 5.56 Å². The first kappa shape index (κ1) is 11.9. The minimum Gasteiger partial charge on any atom is -0.315 e. The van der Waals surface area contributed by atoms with Crippen LogP contribution >= 0.6 is 0 Å². The zero-order valence-corrected chi connectivity index (χ0v) is 10.1. The van der Waals surface area contributed by atoms with Crippen molar-refractivity contribution in [3.8, 4) is 0 Å². The summed E-state index contributed by atoms with van der Waals surface area (Å²) in [5, 5.41) is 7.35. The van der Waals surface area contributed by atoms with Gasteiger partial charge in [-0.2, -0.15) is 5.10 Å². The highest BCUT2D eigenvalue weighted by Crippen LogP contribution is 1.93. The second-order valence-electron chi connectivity index (χ2n) is 4.06. The normalized spacial score (nSPS) is 11.1. The minimum absolute atomic E-state index is 0.0160. The SMILES string of the molecule is CCCCNCCn1ccn2nccc2c1=O. The molecule has 0 amide bonds. The highest BCUT2D eigenvalue weighted by atomic mass is 16.1. The number of nitrogens with one attached hydrogen (secondary N) is 1. The lowest BCUT2D eigenvalue weighted by atomic mass is 10.3. The summed E-state index contributed by atoms with van der Waals surface area (Å²) in [5.74, 6) is 0. The first-order valence-corrected chi connectivity index (χ1v) is 6.06. The number of rotatable bonds is 6. The predicted molar refractivity (Wildman–Crippen MR) is 67.2 cm³/mol. The van der Waals surface area contributed by atoms with Crippen molar-refractivity contribution >= 4 is 5.52 Å². The summed E-state index contributed by atoms with van der Waals surface area (Å²) >= 11 is 0. The molecule has 92 valence electrons. The molecule has 2 rings (SSSR count). The topological polar surface area (TPSA) is 51.3 Å². The van der Waals surface area contributed by atoms with Crippen LogP contribution in [-0.2, 0) is 6.54 Å². The molecule has 0 fully saturated rings. The Morgan fingerprint density at radius 2 is 2.24 bits per heavy atom. The molecule has 2 aromatic heterocycles. The summed E-state index contributed by atoms with van der Waals surface area (Å²) in [6.45, 7) is 4.70. The third kappa shape index (κ3) is 2.74. The van der Waals surface area contributed by atoms with E-state index >= 15 is 0 Å². The zero-order chi connectivity index (χ0) is 12.1. The van der Waals surface area contributed by atoms with Gasteiger partial charge in [0, 0.05) is 25.5 Å². The smallest absolute Gasteiger partial charge is 0.276 e. The van der Waals surface area contributed by atoms with Gasteiger partial charge in [0.2, 0.25) is 0 Å². The molecule has 0 aliphatic heterocycles. The fourth-order valence-corrected chi connectivity index (χ4v) is 1.76. The van der Waals surface area contributed by atoms with Gasteiger partial charge in [-0.05, 0) is 19.0 Å². The Labute approximate surface area is 100 Å². The van der Waals surface area contributed by atoms with Crippen molar-refractivity contribution < 1.29 is 0 Å². The van der Waals surface area contributed by atoms with E-state index in [2.05, 4.69) is 17.3 Å². The van der Waals surface area contributed by atoms with Gasteiger partial charge in [-0.25, -0.2) is 4.52 Å². The van der Waals surface area contributed by atoms with E-state index in [1.807, 2.05) is 6.20 Å². The predicted octanol–water partition coefficient (Wildman–Crippen LogP) is 0.886. The molecule has 0 aliphatic carbocycles. The lowest BCUT2D eigenvalue weighted by Gasteiger charge is -2.07. The first-order chi connectivity index (χ1) is 8.33. The molecule has 0 saturated carbocycles. The molecule has 0 saturated heterocycles. The van der Waals surface area contributed by atoms with Crippen LogP contribution < -0.4 is 10.9 Å². The molecule has 2 aromatic rings. The van der Waals surface area contributed by atoms with Crippen molar-refractivity contribution in [2.75, 3.05) is 13.1 Å². The lowest BCUT2D eigenvalue weighted by Crippen LogP contribution is -2.28. The van der Waals surface area contributed by atoms with Crippen LogP contribution in [0, 0.1) is 0 Å². The molecule has 0 atom stereocenters. The largest absolute Gasteiger partial charge is 0.315 e. The maximum atomic E-state index is 12.0. The third-order valence-electron chi connectivity index (χ3n) is 2.77. The molecule has 5 nitrogen and oxygen atoms in total. The molecule has 0 radical (unpaired) electrons. The van der Waals surface area contributed by atoms with Crippen LogP contribution in [0.4, 0.5) is 0 Å². The fourth-order valence-electron chi connectivity index (χ4n) is 1.76. The quantitative estimate of drug-likeness (QED) is 0.755. The second-order valence-corrected chi connectivity index (χ2v) is 4.06. The van der Waals surface area contributed by atoms with Gasteiger partial charge < -0.3 is 9.88 Å². The van der Waals surface area contributed by atoms with Crippen LogP contribution in [0.15, 0.2) is 29.5 Å². The van der Waals surface area contributed by atoms with Crippen LogP contribution in [-0.4, -0.2) is 27.3 Å². The number of hydrogen-bond acceptors (Lipinski definition) is 3. The van der Waals surface area contributed by atoms with E-state index in [4.69, 9.17) is 0 Å². The van der Waals surface area contributed by atoms with E-state index in [0.29, 0.717) is 12.1 Å². The molecule has 0 spiro atoms. The molecule has 0 aliphatic rings. The zero-order valence-electron chi connectivity index (χ0n) is 10.1. The van der Waals surface area contributed by atoms with E-state index in [9.17, 15) is 4.79 Å². The van der Waals surface area contributed by atoms with Gasteiger partial charge in [-0.3, -0.25) is 4.79 Å². The Bertz CT molecular complexity index is 529. The van der Waals surface area contributed by atoms with Crippen molar-refractivity contribution in [1.82, 2.24) is 19.5 Å². The fraction of sp³-hybridized carbons (Fsp3) is 0.500. The van der Waals surface area contributed by atoms with Crippen molar-refractivity contribution in [3.63, 3.8) is 0 Å². The monoisotopic (exact) mass is 234 g/mol. The van der Waals surface area contributed by atoms with Crippen molar-refractivity contribution in [2.45, 2.75) is 26.3 Å². The number of fused-ring (bicyclic) bond motifs is 1. The highest BCUT2D eigenvalue weighted by molar-refractivity contribution is 5.42. The van der Waals surface area contributed by atoms with Crippen molar-refractivity contribution in [1.29, 1.82) is 0 Å². The third-order valence-corrected chi connectivity index (χ3v) is 2.77. The molecular weight excluding hydrogens is 216 g/mol. The van der Waals surface area contributed by atoms with Gasteiger partial charge in [0.05, 0.1) is 6.20 Å². The maximum absolute atomic E-state index is 12.0. The molecular formula is C12H18N4O. The Kier molecular flexibility index (Phi) is 3.93. The molecule has 5 heteroatoms. The average molecular weight is 234 g/mol. The molecule has 0 aromatic carbocycles. The molecule has 0 unspecified atom stereocenters. The van der Waals surface area contributed by atoms with E-state index in [1.165, 1.54) is 12.8 Å². The molecule has 0 bridgehead atoms. The van der Waals surface area contributed by atoms with Crippen molar-refractivity contribution in [3.05, 3.63) is 35.0 Å². The van der Waals surface area contributed by atoms with E-state index in [-0.39, 0.29) is 5.56 Å². The van der Waals surface area contributed by atoms with Crippen LogP contribution in [0.25, 0.3) is 5.52 Å². The Hall–Kier alpha value is -1.62. The summed E-state index contributed by atoms with van der Waals surface area (Å²) in [6, 6.07) is 1.74. The molecule has 17 heavy (non-hydrogen) atoms. The van der Waals surface area contributed by atoms with Crippen LogP contribution in [0.3, 0.4) is 0 Å². The average Bonchev–Trinajstić information content (AvgIpc) is 2.80. The summed E-state index contributed by atoms with van der Waals surface area (Å²) < 4.78 is 3.32. The van der Waals surface area contributed by atoms with Crippen LogP contribution in [0.5, 0.6) is 0 Å². The summed E-state index contributed by atoms with van der Waals surface area (Å²) in [4.78, 5) is 12.0. The van der Waals surface area contributed by atoms with Gasteiger partial charge in [-0.1, -0.05) is 13.3 Å². The van der Waals surface area contributed by atoms with E-state index < -0.39 is 0 Å². The lowest BCUT2D eigenvalue weighted by molar-refractivity contribution is 0.569. The summed E-state index contributed by atoms with van der Waals surface area (Å²) in [5.41, 5.74) is 0.642. The summed E-state index contributed by atoms with van der Waals surface area (Å²) in [6.07, 6.45) is 7.60.